The lowest BCUT2D eigenvalue weighted by molar-refractivity contribution is 0.789. The van der Waals surface area contributed by atoms with E-state index in [1.165, 1.54) is 0 Å². The van der Waals surface area contributed by atoms with Gasteiger partial charge in [-0.2, -0.15) is 4.68 Å². The SMILES string of the molecule is Cc1nc(C=Cc2ccc3ccccc3n2)cc(-n2nc(C)nc2C)n1. The van der Waals surface area contributed by atoms with Gasteiger partial charge in [-0.1, -0.05) is 24.3 Å². The molecule has 0 saturated heterocycles. The Kier molecular flexibility index (Phi) is 4.01. The van der Waals surface area contributed by atoms with Crippen LogP contribution in [0.25, 0.3) is 28.9 Å². The van der Waals surface area contributed by atoms with Crippen molar-refractivity contribution in [2.45, 2.75) is 20.8 Å². The Labute approximate surface area is 151 Å². The number of hydrogen-bond donors (Lipinski definition) is 0. The summed E-state index contributed by atoms with van der Waals surface area (Å²) in [6.45, 7) is 5.64. The first kappa shape index (κ1) is 16.1. The van der Waals surface area contributed by atoms with Crippen LogP contribution in [0.1, 0.15) is 28.9 Å². The summed E-state index contributed by atoms with van der Waals surface area (Å²) in [6, 6.07) is 14.0. The van der Waals surface area contributed by atoms with Crippen LogP contribution >= 0.6 is 0 Å². The Morgan fingerprint density at radius 1 is 0.769 bits per heavy atom. The zero-order valence-corrected chi connectivity index (χ0v) is 14.9. The van der Waals surface area contributed by atoms with E-state index in [1.54, 1.807) is 4.68 Å². The maximum absolute atomic E-state index is 4.65. The minimum atomic E-state index is 0.682. The van der Waals surface area contributed by atoms with Gasteiger partial charge in [0.1, 0.15) is 17.5 Å². The third kappa shape index (κ3) is 3.21. The average Bonchev–Trinajstić information content (AvgIpc) is 2.97. The highest BCUT2D eigenvalue weighted by Crippen LogP contribution is 2.15. The van der Waals surface area contributed by atoms with Crippen LogP contribution in [-0.4, -0.2) is 29.7 Å². The van der Waals surface area contributed by atoms with Crippen LogP contribution in [0, 0.1) is 20.8 Å². The summed E-state index contributed by atoms with van der Waals surface area (Å²) in [5.41, 5.74) is 2.66. The number of aromatic nitrogens is 6. The molecule has 0 spiro atoms. The summed E-state index contributed by atoms with van der Waals surface area (Å²) >= 11 is 0. The fourth-order valence-corrected chi connectivity index (χ4v) is 2.85. The van der Waals surface area contributed by atoms with Gasteiger partial charge < -0.3 is 0 Å². The Balaban J connectivity index is 1.69. The maximum atomic E-state index is 4.65. The number of nitrogens with zero attached hydrogens (tertiary/aromatic N) is 6. The zero-order valence-electron chi connectivity index (χ0n) is 14.9. The molecule has 6 heteroatoms. The molecule has 0 amide bonds. The van der Waals surface area contributed by atoms with Gasteiger partial charge in [-0.3, -0.25) is 0 Å². The van der Waals surface area contributed by atoms with Crippen LogP contribution in [0.2, 0.25) is 0 Å². The lowest BCUT2D eigenvalue weighted by atomic mass is 10.2. The van der Waals surface area contributed by atoms with Crippen molar-refractivity contribution in [1.29, 1.82) is 0 Å². The topological polar surface area (TPSA) is 69.4 Å². The predicted molar refractivity (Wildman–Crippen MR) is 102 cm³/mol. The largest absolute Gasteiger partial charge is 0.248 e. The standard InChI is InChI=1S/C20H18N6/c1-13-22-18(12-20(23-13)26-15(3)21-14(2)25-26)11-10-17-9-8-16-6-4-5-7-19(16)24-17/h4-12H,1-3H3. The van der Waals surface area contributed by atoms with Crippen molar-refractivity contribution in [2.75, 3.05) is 0 Å². The molecule has 0 saturated carbocycles. The molecule has 128 valence electrons. The molecule has 3 aromatic heterocycles. The second-order valence-electron chi connectivity index (χ2n) is 6.08. The summed E-state index contributed by atoms with van der Waals surface area (Å²) in [7, 11) is 0. The third-order valence-electron chi connectivity index (χ3n) is 3.98. The number of aryl methyl sites for hydroxylation is 3. The van der Waals surface area contributed by atoms with Crippen molar-refractivity contribution < 1.29 is 0 Å². The van der Waals surface area contributed by atoms with Crippen molar-refractivity contribution in [1.82, 2.24) is 29.7 Å². The van der Waals surface area contributed by atoms with Crippen molar-refractivity contribution in [3.05, 3.63) is 71.3 Å². The molecule has 4 aromatic rings. The van der Waals surface area contributed by atoms with Gasteiger partial charge in [0.25, 0.3) is 0 Å². The lowest BCUT2D eigenvalue weighted by Gasteiger charge is -2.04. The van der Waals surface area contributed by atoms with Gasteiger partial charge >= 0.3 is 0 Å². The number of hydrogen-bond acceptors (Lipinski definition) is 5. The predicted octanol–water partition coefficient (Wildman–Crippen LogP) is 3.70. The first-order valence-corrected chi connectivity index (χ1v) is 8.39. The van der Waals surface area contributed by atoms with Gasteiger partial charge in [0.2, 0.25) is 0 Å². The van der Waals surface area contributed by atoms with E-state index in [-0.39, 0.29) is 0 Å². The highest BCUT2D eigenvalue weighted by molar-refractivity contribution is 5.80. The molecule has 1 aromatic carbocycles. The molecule has 0 radical (unpaired) electrons. The molecule has 6 nitrogen and oxygen atoms in total. The van der Waals surface area contributed by atoms with E-state index in [2.05, 4.69) is 37.2 Å². The van der Waals surface area contributed by atoms with E-state index in [0.29, 0.717) is 11.6 Å². The van der Waals surface area contributed by atoms with E-state index in [9.17, 15) is 0 Å². The van der Waals surface area contributed by atoms with E-state index in [0.717, 1.165) is 33.9 Å². The van der Waals surface area contributed by atoms with Gasteiger partial charge in [0.15, 0.2) is 5.82 Å². The molecule has 0 aliphatic heterocycles. The van der Waals surface area contributed by atoms with Crippen molar-refractivity contribution in [3.63, 3.8) is 0 Å². The summed E-state index contributed by atoms with van der Waals surface area (Å²) in [6.07, 6.45) is 3.89. The fraction of sp³-hybridized carbons (Fsp3) is 0.150. The van der Waals surface area contributed by atoms with Crippen molar-refractivity contribution >= 4 is 23.1 Å². The molecule has 0 atom stereocenters. The summed E-state index contributed by atoms with van der Waals surface area (Å²) in [5.74, 6) is 2.91. The molecule has 0 aliphatic rings. The van der Waals surface area contributed by atoms with Gasteiger partial charge in [-0.05, 0) is 45.1 Å². The van der Waals surface area contributed by atoms with Gasteiger partial charge in [0, 0.05) is 11.5 Å². The Morgan fingerprint density at radius 3 is 2.38 bits per heavy atom. The van der Waals surface area contributed by atoms with Crippen molar-refractivity contribution in [3.8, 4) is 5.82 Å². The second-order valence-corrected chi connectivity index (χ2v) is 6.08. The fourth-order valence-electron chi connectivity index (χ4n) is 2.85. The Hall–Kier alpha value is -3.41. The van der Waals surface area contributed by atoms with Crippen molar-refractivity contribution in [2.24, 2.45) is 0 Å². The molecule has 0 N–H and O–H groups in total. The quantitative estimate of drug-likeness (QED) is 0.568. The number of fused-ring (bicyclic) bond motifs is 1. The van der Waals surface area contributed by atoms with Crippen LogP contribution in [-0.2, 0) is 0 Å². The first-order valence-electron chi connectivity index (χ1n) is 8.39. The van der Waals surface area contributed by atoms with Gasteiger partial charge in [-0.15, -0.1) is 5.10 Å². The Bertz CT molecular complexity index is 1130. The minimum absolute atomic E-state index is 0.682. The van der Waals surface area contributed by atoms with E-state index in [4.69, 9.17) is 0 Å². The smallest absolute Gasteiger partial charge is 0.159 e. The Morgan fingerprint density at radius 2 is 1.58 bits per heavy atom. The van der Waals surface area contributed by atoms with E-state index >= 15 is 0 Å². The van der Waals surface area contributed by atoms with Crippen LogP contribution in [0.5, 0.6) is 0 Å². The molecule has 0 aliphatic carbocycles. The molecular weight excluding hydrogens is 324 g/mol. The lowest BCUT2D eigenvalue weighted by Crippen LogP contribution is -2.05. The van der Waals surface area contributed by atoms with Crippen LogP contribution in [0.3, 0.4) is 0 Å². The normalized spacial score (nSPS) is 11.5. The maximum Gasteiger partial charge on any atom is 0.159 e. The average molecular weight is 342 g/mol. The van der Waals surface area contributed by atoms with Crippen LogP contribution in [0.4, 0.5) is 0 Å². The highest BCUT2D eigenvalue weighted by Gasteiger charge is 2.08. The first-order chi connectivity index (χ1) is 12.6. The number of pyridine rings is 1. The molecular formula is C20H18N6. The second kappa shape index (κ2) is 6.48. The van der Waals surface area contributed by atoms with Gasteiger partial charge in [-0.25, -0.2) is 19.9 Å². The zero-order chi connectivity index (χ0) is 18.1. The third-order valence-corrected chi connectivity index (χ3v) is 3.98. The molecule has 4 rings (SSSR count). The monoisotopic (exact) mass is 342 g/mol. The van der Waals surface area contributed by atoms with E-state index in [1.807, 2.05) is 63.3 Å². The number of benzene rings is 1. The highest BCUT2D eigenvalue weighted by atomic mass is 15.4. The number of rotatable bonds is 3. The summed E-state index contributed by atoms with van der Waals surface area (Å²) in [5, 5.41) is 5.52. The van der Waals surface area contributed by atoms with Gasteiger partial charge in [0.05, 0.1) is 16.9 Å². The van der Waals surface area contributed by atoms with E-state index < -0.39 is 0 Å². The molecule has 3 heterocycles. The van der Waals surface area contributed by atoms with Crippen LogP contribution in [0.15, 0.2) is 42.5 Å². The minimum Gasteiger partial charge on any atom is -0.248 e. The summed E-state index contributed by atoms with van der Waals surface area (Å²) in [4.78, 5) is 17.9. The molecule has 0 unspecified atom stereocenters. The number of para-hydroxylation sites is 1. The molecule has 0 fully saturated rings. The molecule has 0 bridgehead atoms. The van der Waals surface area contributed by atoms with Crippen LogP contribution < -0.4 is 0 Å². The summed E-state index contributed by atoms with van der Waals surface area (Å²) < 4.78 is 1.73. The molecule has 26 heavy (non-hydrogen) atoms.